The fourth-order valence-electron chi connectivity index (χ4n) is 7.20. The van der Waals surface area contributed by atoms with Crippen molar-refractivity contribution in [3.05, 3.63) is 11.6 Å². The number of aliphatic hydroxyl groups excluding tert-OH is 1. The zero-order valence-corrected chi connectivity index (χ0v) is 27.6. The summed E-state index contributed by atoms with van der Waals surface area (Å²) in [5, 5.41) is 17.2. The highest BCUT2D eigenvalue weighted by Gasteiger charge is 2.58. The largest absolute Gasteiger partial charge is 0.393 e. The number of aliphatic imine (C=N–C) groups is 1. The lowest BCUT2D eigenvalue weighted by molar-refractivity contribution is -0.118. The van der Waals surface area contributed by atoms with E-state index in [1.54, 1.807) is 25.9 Å². The van der Waals surface area contributed by atoms with Crippen molar-refractivity contribution in [2.75, 3.05) is 20.8 Å². The average molecular weight is 600 g/mol. The first kappa shape index (κ1) is 35.4. The van der Waals surface area contributed by atoms with E-state index in [-0.39, 0.29) is 40.4 Å². The monoisotopic (exact) mass is 599 g/mol. The van der Waals surface area contributed by atoms with E-state index in [1.807, 2.05) is 26.8 Å². The van der Waals surface area contributed by atoms with E-state index in [9.17, 15) is 18.7 Å². The molecule has 0 aromatic heterocycles. The van der Waals surface area contributed by atoms with Crippen LogP contribution in [0.4, 0.5) is 4.20 Å². The molecule has 3 fully saturated rings. The number of fused-ring (bicyclic) bond motifs is 5. The van der Waals surface area contributed by atoms with Crippen molar-refractivity contribution in [3.63, 3.8) is 0 Å². The quantitative estimate of drug-likeness (QED) is 0.176. The maximum atomic E-state index is 12.5. The molecule has 0 aromatic carbocycles. The number of rotatable bonds is 2. The third kappa shape index (κ3) is 8.87. The number of halogens is 1. The average Bonchev–Trinajstić information content (AvgIpc) is 3.13. The van der Waals surface area contributed by atoms with Gasteiger partial charge in [-0.15, -0.1) is 0 Å². The van der Waals surface area contributed by atoms with E-state index in [1.165, 1.54) is 31.3 Å². The van der Waals surface area contributed by atoms with Gasteiger partial charge in [0.25, 0.3) is 0 Å². The lowest BCUT2D eigenvalue weighted by Gasteiger charge is -2.57. The highest BCUT2D eigenvalue weighted by atomic mass is 31.2. The standard InChI is InChI=1S/C19H28O2.C7H16FO2P.C4H11N5/c1-18-9-7-13(20)11-12(18)3-4-14-15-5-6-17(21)19(15,2)10-8-16(14)18;1-6(7(2,3)4)10-11(5,8)9;1-9(2)4(7)8-3(5)6/h11,14-17,21H,3-10H2,1-2H3;6H,1-5H3;1-2H3,(H5,5,6,7,8)/t14-,15-,16-,17+,18-,19-;;/m0../s1. The van der Waals surface area contributed by atoms with Gasteiger partial charge in [0.2, 0.25) is 5.96 Å². The highest BCUT2D eigenvalue weighted by Crippen LogP contribution is 2.65. The summed E-state index contributed by atoms with van der Waals surface area (Å²) in [7, 11) is -0.370. The Balaban J connectivity index is 0.000000250. The Morgan fingerprint density at radius 2 is 1.78 bits per heavy atom. The SMILES string of the molecule is CC(OP(C)(=O)F)C(C)(C)C.CN(C)C(N)=NC(=N)N.C[C@]12CC[C@H]3[C@@H](CCC4=CC(=O)CC[C@@]43C)[C@@H]1CC[C@H]2O. The van der Waals surface area contributed by atoms with Gasteiger partial charge in [0.05, 0.1) is 12.2 Å². The van der Waals surface area contributed by atoms with Gasteiger partial charge < -0.3 is 26.0 Å². The molecule has 236 valence electrons. The molecule has 8 atom stereocenters. The molecular weight excluding hydrogens is 544 g/mol. The predicted octanol–water partition coefficient (Wildman–Crippen LogP) is 5.87. The zero-order chi connectivity index (χ0) is 31.6. The molecule has 0 amide bonds. The second kappa shape index (κ2) is 13.3. The van der Waals surface area contributed by atoms with E-state index in [4.69, 9.17) is 21.4 Å². The lowest BCUT2D eigenvalue weighted by Crippen LogP contribution is -2.51. The second-order valence-corrected chi connectivity index (χ2v) is 15.9. The number of nitrogens with two attached hydrogens (primary N) is 2. The van der Waals surface area contributed by atoms with Crippen LogP contribution in [0.2, 0.25) is 0 Å². The van der Waals surface area contributed by atoms with E-state index in [0.29, 0.717) is 11.7 Å². The third-order valence-electron chi connectivity index (χ3n) is 10.2. The minimum Gasteiger partial charge on any atom is -0.393 e. The summed E-state index contributed by atoms with van der Waals surface area (Å²) in [4.78, 5) is 16.8. The van der Waals surface area contributed by atoms with Crippen LogP contribution in [-0.4, -0.2) is 60.7 Å². The zero-order valence-electron chi connectivity index (χ0n) is 26.7. The molecule has 0 saturated heterocycles. The summed E-state index contributed by atoms with van der Waals surface area (Å²) in [5.74, 6) is 2.54. The van der Waals surface area contributed by atoms with E-state index in [0.717, 1.165) is 44.2 Å². The number of allylic oxidation sites excluding steroid dienone is 1. The number of carbonyl (C=O) groups is 1. The number of hydrogen-bond donors (Lipinski definition) is 4. The van der Waals surface area contributed by atoms with Gasteiger partial charge >= 0.3 is 7.68 Å². The topological polar surface area (TPSA) is 155 Å². The fraction of sp³-hybridized carbons (Fsp3) is 0.833. The Bertz CT molecular complexity index is 1070. The Labute approximate surface area is 246 Å². The van der Waals surface area contributed by atoms with Crippen molar-refractivity contribution < 1.29 is 23.2 Å². The Kier molecular flexibility index (Phi) is 11.5. The van der Waals surface area contributed by atoms with Gasteiger partial charge in [-0.05, 0) is 91.9 Å². The van der Waals surface area contributed by atoms with Crippen molar-refractivity contribution in [1.29, 1.82) is 5.41 Å². The molecule has 9 nitrogen and oxygen atoms in total. The van der Waals surface area contributed by atoms with Gasteiger partial charge in [-0.2, -0.15) is 9.19 Å². The molecule has 6 N–H and O–H groups in total. The van der Waals surface area contributed by atoms with Crippen LogP contribution in [-0.2, 0) is 13.9 Å². The van der Waals surface area contributed by atoms with Gasteiger partial charge in [-0.25, -0.2) is 0 Å². The van der Waals surface area contributed by atoms with Crippen molar-refractivity contribution >= 4 is 25.4 Å². The number of guanidine groups is 2. The van der Waals surface area contributed by atoms with Crippen LogP contribution < -0.4 is 11.5 Å². The van der Waals surface area contributed by atoms with Crippen LogP contribution in [0.5, 0.6) is 0 Å². The summed E-state index contributed by atoms with van der Waals surface area (Å²) in [6, 6.07) is 0. The highest BCUT2D eigenvalue weighted by molar-refractivity contribution is 7.52. The molecule has 0 heterocycles. The number of nitrogens with one attached hydrogen (secondary N) is 1. The molecule has 4 aliphatic rings. The number of carbonyl (C=O) groups excluding carboxylic acids is 1. The molecular formula is C30H55FN5O4P. The molecule has 41 heavy (non-hydrogen) atoms. The fourth-order valence-corrected chi connectivity index (χ4v) is 8.08. The smallest absolute Gasteiger partial charge is 0.364 e. The molecule has 2 unspecified atom stereocenters. The first-order chi connectivity index (χ1) is 18.6. The first-order valence-electron chi connectivity index (χ1n) is 14.8. The normalized spacial score (nSPS) is 35.0. The van der Waals surface area contributed by atoms with Crippen LogP contribution in [0.25, 0.3) is 0 Å². The van der Waals surface area contributed by atoms with Gasteiger partial charge in [0.15, 0.2) is 11.7 Å². The van der Waals surface area contributed by atoms with Crippen LogP contribution >= 0.6 is 7.68 Å². The van der Waals surface area contributed by atoms with Gasteiger partial charge in [0.1, 0.15) is 0 Å². The Morgan fingerprint density at radius 3 is 2.24 bits per heavy atom. The van der Waals surface area contributed by atoms with E-state index in [2.05, 4.69) is 18.8 Å². The molecule has 3 saturated carbocycles. The van der Waals surface area contributed by atoms with Crippen LogP contribution in [0.3, 0.4) is 0 Å². The molecule has 0 bridgehead atoms. The number of nitrogens with zero attached hydrogens (tertiary/aromatic N) is 2. The van der Waals surface area contributed by atoms with E-state index >= 15 is 0 Å². The molecule has 0 radical (unpaired) electrons. The summed E-state index contributed by atoms with van der Waals surface area (Å²) < 4.78 is 27.8. The van der Waals surface area contributed by atoms with Gasteiger partial charge in [-0.3, -0.25) is 14.8 Å². The van der Waals surface area contributed by atoms with Crippen LogP contribution in [0.1, 0.15) is 92.9 Å². The minimum atomic E-state index is -3.82. The van der Waals surface area contributed by atoms with Gasteiger partial charge in [0, 0.05) is 27.2 Å². The van der Waals surface area contributed by atoms with Crippen molar-refractivity contribution in [2.45, 2.75) is 105 Å². The molecule has 4 aliphatic carbocycles. The molecule has 0 spiro atoms. The number of hydrogen-bond acceptors (Lipinski definition) is 5. The predicted molar refractivity (Wildman–Crippen MR) is 165 cm³/mol. The van der Waals surface area contributed by atoms with Crippen molar-refractivity contribution in [1.82, 2.24) is 4.90 Å². The summed E-state index contributed by atoms with van der Waals surface area (Å²) in [6.45, 7) is 13.2. The number of aliphatic hydroxyl groups is 1. The lowest BCUT2D eigenvalue weighted by atomic mass is 9.47. The van der Waals surface area contributed by atoms with Gasteiger partial charge in [-0.1, -0.05) is 40.2 Å². The molecule has 11 heteroatoms. The Hall–Kier alpha value is -1.77. The van der Waals surface area contributed by atoms with Crippen LogP contribution in [0, 0.1) is 39.4 Å². The Morgan fingerprint density at radius 1 is 1.17 bits per heavy atom. The van der Waals surface area contributed by atoms with E-state index < -0.39 is 7.68 Å². The van der Waals surface area contributed by atoms with Crippen molar-refractivity contribution in [3.8, 4) is 0 Å². The number of ketones is 1. The minimum absolute atomic E-state index is 0.0823. The summed E-state index contributed by atoms with van der Waals surface area (Å²) >= 11 is 0. The summed E-state index contributed by atoms with van der Waals surface area (Å²) in [6.07, 6.45) is 10.4. The third-order valence-corrected chi connectivity index (χ3v) is 10.9. The van der Waals surface area contributed by atoms with Crippen LogP contribution in [0.15, 0.2) is 16.6 Å². The first-order valence-corrected chi connectivity index (χ1v) is 16.8. The molecule has 0 aromatic rings. The second-order valence-electron chi connectivity index (χ2n) is 14.2. The maximum absolute atomic E-state index is 12.5. The summed E-state index contributed by atoms with van der Waals surface area (Å²) in [5.41, 5.74) is 11.9. The molecule has 0 aliphatic heterocycles. The maximum Gasteiger partial charge on any atom is 0.364 e. The van der Waals surface area contributed by atoms with Crippen molar-refractivity contribution in [2.24, 2.45) is 50.5 Å². The molecule has 4 rings (SSSR count).